The average molecular weight is 289 g/mol. The first kappa shape index (κ1) is 13.8. The lowest BCUT2D eigenvalue weighted by atomic mass is 10.1. The average Bonchev–Trinajstić information content (AvgIpc) is 3.16. The molecule has 0 amide bonds. The van der Waals surface area contributed by atoms with Gasteiger partial charge in [0.05, 0.1) is 18.9 Å². The number of aryl methyl sites for hydroxylation is 1. The fourth-order valence-electron chi connectivity index (χ4n) is 2.57. The number of anilines is 1. The van der Waals surface area contributed by atoms with Crippen molar-refractivity contribution in [2.45, 2.75) is 31.9 Å². The summed E-state index contributed by atoms with van der Waals surface area (Å²) in [6, 6.07) is 5.56. The molecule has 1 fully saturated rings. The molecule has 2 aromatic rings. The molecule has 1 aromatic carbocycles. The summed E-state index contributed by atoms with van der Waals surface area (Å²) in [7, 11) is 1.59. The van der Waals surface area contributed by atoms with Crippen LogP contribution in [0.5, 0.6) is 5.75 Å². The first-order valence-electron chi connectivity index (χ1n) is 7.09. The third-order valence-electron chi connectivity index (χ3n) is 3.71. The minimum atomic E-state index is 0.322. The molecule has 7 heteroatoms. The van der Waals surface area contributed by atoms with Gasteiger partial charge in [-0.2, -0.15) is 0 Å². The summed E-state index contributed by atoms with van der Waals surface area (Å²) in [6.45, 7) is 1.60. The van der Waals surface area contributed by atoms with E-state index >= 15 is 0 Å². The smallest absolute Gasteiger partial charge is 0.182 e. The lowest BCUT2D eigenvalue weighted by Gasteiger charge is -2.10. The Morgan fingerprint density at radius 2 is 2.38 bits per heavy atom. The SMILES string of the molecule is COc1ccc(-c2nnnn2CCC2CCCO2)cc1N. The van der Waals surface area contributed by atoms with Gasteiger partial charge in [0, 0.05) is 18.7 Å². The Kier molecular flexibility index (Phi) is 4.01. The lowest BCUT2D eigenvalue weighted by molar-refractivity contribution is 0.0994. The molecular formula is C14H19N5O2. The Labute approximate surface area is 123 Å². The topological polar surface area (TPSA) is 88.1 Å². The van der Waals surface area contributed by atoms with E-state index in [9.17, 15) is 0 Å². The fraction of sp³-hybridized carbons (Fsp3) is 0.500. The van der Waals surface area contributed by atoms with Gasteiger partial charge >= 0.3 is 0 Å². The second kappa shape index (κ2) is 6.09. The number of nitrogens with two attached hydrogens (primary N) is 1. The summed E-state index contributed by atoms with van der Waals surface area (Å²) in [4.78, 5) is 0. The number of methoxy groups -OCH3 is 1. The first-order chi connectivity index (χ1) is 10.3. The van der Waals surface area contributed by atoms with E-state index in [0.717, 1.165) is 38.0 Å². The van der Waals surface area contributed by atoms with E-state index in [-0.39, 0.29) is 0 Å². The van der Waals surface area contributed by atoms with E-state index in [2.05, 4.69) is 15.5 Å². The molecule has 0 radical (unpaired) electrons. The van der Waals surface area contributed by atoms with Crippen LogP contribution in [0.4, 0.5) is 5.69 Å². The summed E-state index contributed by atoms with van der Waals surface area (Å²) in [5.41, 5.74) is 7.39. The third-order valence-corrected chi connectivity index (χ3v) is 3.71. The molecular weight excluding hydrogens is 270 g/mol. The van der Waals surface area contributed by atoms with Gasteiger partial charge in [-0.05, 0) is 47.9 Å². The molecule has 1 aliphatic rings. The van der Waals surface area contributed by atoms with Gasteiger partial charge in [0.15, 0.2) is 5.82 Å². The van der Waals surface area contributed by atoms with Crippen molar-refractivity contribution in [3.05, 3.63) is 18.2 Å². The van der Waals surface area contributed by atoms with Gasteiger partial charge in [0.1, 0.15) is 5.75 Å². The molecule has 1 aliphatic heterocycles. The summed E-state index contributed by atoms with van der Waals surface area (Å²) < 4.78 is 12.6. The number of tetrazole rings is 1. The van der Waals surface area contributed by atoms with Gasteiger partial charge in [0.2, 0.25) is 0 Å². The van der Waals surface area contributed by atoms with Crippen molar-refractivity contribution in [1.29, 1.82) is 0 Å². The van der Waals surface area contributed by atoms with Crippen molar-refractivity contribution in [1.82, 2.24) is 20.2 Å². The predicted octanol–water partition coefficient (Wildman–Crippen LogP) is 1.50. The van der Waals surface area contributed by atoms with E-state index in [1.54, 1.807) is 11.8 Å². The van der Waals surface area contributed by atoms with Gasteiger partial charge in [0.25, 0.3) is 0 Å². The molecule has 2 heterocycles. The molecule has 1 aromatic heterocycles. The van der Waals surface area contributed by atoms with Crippen LogP contribution < -0.4 is 10.5 Å². The Morgan fingerprint density at radius 3 is 3.10 bits per heavy atom. The lowest BCUT2D eigenvalue weighted by Crippen LogP contribution is -2.12. The number of aromatic nitrogens is 4. The van der Waals surface area contributed by atoms with Crippen LogP contribution in [0.3, 0.4) is 0 Å². The van der Waals surface area contributed by atoms with E-state index in [0.29, 0.717) is 23.4 Å². The number of hydrogen-bond acceptors (Lipinski definition) is 6. The van der Waals surface area contributed by atoms with Crippen molar-refractivity contribution in [2.24, 2.45) is 0 Å². The standard InChI is InChI=1S/C14H19N5O2/c1-20-13-5-4-10(9-12(13)15)14-16-17-18-19(14)7-6-11-3-2-8-21-11/h4-5,9,11H,2-3,6-8,15H2,1H3. The fourth-order valence-corrected chi connectivity index (χ4v) is 2.57. The van der Waals surface area contributed by atoms with Crippen LogP contribution in [-0.4, -0.2) is 40.0 Å². The van der Waals surface area contributed by atoms with Crippen molar-refractivity contribution < 1.29 is 9.47 Å². The van der Waals surface area contributed by atoms with Crippen LogP contribution in [-0.2, 0) is 11.3 Å². The van der Waals surface area contributed by atoms with Gasteiger partial charge in [-0.25, -0.2) is 4.68 Å². The van der Waals surface area contributed by atoms with Crippen LogP contribution >= 0.6 is 0 Å². The molecule has 0 aliphatic carbocycles. The zero-order valence-corrected chi connectivity index (χ0v) is 12.0. The number of rotatable bonds is 5. The second-order valence-electron chi connectivity index (χ2n) is 5.11. The van der Waals surface area contributed by atoms with E-state index < -0.39 is 0 Å². The number of nitrogen functional groups attached to an aromatic ring is 1. The highest BCUT2D eigenvalue weighted by molar-refractivity contribution is 5.66. The van der Waals surface area contributed by atoms with Gasteiger partial charge in [-0.15, -0.1) is 5.10 Å². The predicted molar refractivity (Wildman–Crippen MR) is 77.8 cm³/mol. The molecule has 1 atom stereocenters. The Bertz CT molecular complexity index is 607. The summed E-state index contributed by atoms with van der Waals surface area (Å²) in [6.07, 6.45) is 3.50. The Morgan fingerprint density at radius 1 is 1.48 bits per heavy atom. The van der Waals surface area contributed by atoms with Gasteiger partial charge in [-0.3, -0.25) is 0 Å². The zero-order chi connectivity index (χ0) is 14.7. The molecule has 7 nitrogen and oxygen atoms in total. The molecule has 0 spiro atoms. The molecule has 2 N–H and O–H groups in total. The van der Waals surface area contributed by atoms with Crippen molar-refractivity contribution in [2.75, 3.05) is 19.5 Å². The molecule has 3 rings (SSSR count). The van der Waals surface area contributed by atoms with Crippen molar-refractivity contribution in [3.63, 3.8) is 0 Å². The number of ether oxygens (including phenoxy) is 2. The molecule has 0 bridgehead atoms. The van der Waals surface area contributed by atoms with E-state index in [1.165, 1.54) is 0 Å². The molecule has 0 saturated carbocycles. The van der Waals surface area contributed by atoms with Crippen LogP contribution in [0.25, 0.3) is 11.4 Å². The van der Waals surface area contributed by atoms with Crippen LogP contribution in [0.1, 0.15) is 19.3 Å². The third kappa shape index (κ3) is 2.97. The molecule has 1 saturated heterocycles. The number of hydrogen-bond donors (Lipinski definition) is 1. The minimum absolute atomic E-state index is 0.322. The normalized spacial score (nSPS) is 18.0. The van der Waals surface area contributed by atoms with Gasteiger partial charge < -0.3 is 15.2 Å². The minimum Gasteiger partial charge on any atom is -0.495 e. The quantitative estimate of drug-likeness (QED) is 0.839. The Hall–Kier alpha value is -2.15. The number of benzene rings is 1. The molecule has 112 valence electrons. The maximum absolute atomic E-state index is 5.94. The summed E-state index contributed by atoms with van der Waals surface area (Å²) >= 11 is 0. The second-order valence-corrected chi connectivity index (χ2v) is 5.11. The maximum atomic E-state index is 5.94. The summed E-state index contributed by atoms with van der Waals surface area (Å²) in [5.74, 6) is 1.36. The Balaban J connectivity index is 1.76. The van der Waals surface area contributed by atoms with Crippen LogP contribution in [0, 0.1) is 0 Å². The monoisotopic (exact) mass is 289 g/mol. The highest BCUT2D eigenvalue weighted by Crippen LogP contribution is 2.27. The largest absolute Gasteiger partial charge is 0.495 e. The number of nitrogens with zero attached hydrogens (tertiary/aromatic N) is 4. The van der Waals surface area contributed by atoms with E-state index in [1.807, 2.05) is 18.2 Å². The van der Waals surface area contributed by atoms with Crippen molar-refractivity contribution >= 4 is 5.69 Å². The van der Waals surface area contributed by atoms with Gasteiger partial charge in [-0.1, -0.05) is 0 Å². The maximum Gasteiger partial charge on any atom is 0.182 e. The molecule has 1 unspecified atom stereocenters. The highest BCUT2D eigenvalue weighted by atomic mass is 16.5. The molecule has 21 heavy (non-hydrogen) atoms. The highest BCUT2D eigenvalue weighted by Gasteiger charge is 2.17. The van der Waals surface area contributed by atoms with Crippen molar-refractivity contribution in [3.8, 4) is 17.1 Å². The zero-order valence-electron chi connectivity index (χ0n) is 12.0. The van der Waals surface area contributed by atoms with Crippen LogP contribution in [0.15, 0.2) is 18.2 Å². The first-order valence-corrected chi connectivity index (χ1v) is 7.09. The van der Waals surface area contributed by atoms with E-state index in [4.69, 9.17) is 15.2 Å². The summed E-state index contributed by atoms with van der Waals surface area (Å²) in [5, 5.41) is 11.9. The van der Waals surface area contributed by atoms with Crippen LogP contribution in [0.2, 0.25) is 0 Å².